The van der Waals surface area contributed by atoms with Crippen molar-refractivity contribution in [3.05, 3.63) is 81.4 Å². The number of rotatable bonds is 7. The molecule has 152 valence electrons. The molecule has 0 atom stereocenters. The number of nitrogens with zero attached hydrogens (tertiary/aromatic N) is 1. The van der Waals surface area contributed by atoms with Crippen molar-refractivity contribution in [1.82, 2.24) is 5.32 Å². The van der Waals surface area contributed by atoms with Crippen LogP contribution < -0.4 is 9.62 Å². The summed E-state index contributed by atoms with van der Waals surface area (Å²) in [5.74, 6) is -1.36. The molecule has 0 aliphatic rings. The smallest absolute Gasteiger partial charge is 0.274 e. The number of sulfonamides is 1. The summed E-state index contributed by atoms with van der Waals surface area (Å²) < 4.78 is 41.1. The van der Waals surface area contributed by atoms with E-state index in [4.69, 9.17) is 23.2 Å². The topological polar surface area (TPSA) is 66.5 Å². The van der Waals surface area contributed by atoms with E-state index >= 15 is 0 Å². The van der Waals surface area contributed by atoms with Gasteiger partial charge in [-0.2, -0.15) is 0 Å². The van der Waals surface area contributed by atoms with Gasteiger partial charge in [0, 0.05) is 16.6 Å². The molecule has 5 nitrogen and oxygen atoms in total. The van der Waals surface area contributed by atoms with E-state index in [1.165, 1.54) is 30.3 Å². The summed E-state index contributed by atoms with van der Waals surface area (Å²) >= 11 is 12.9. The molecule has 0 unspecified atom stereocenters. The molecular formula is C19H15Cl2FN2O3S2. The number of carbonyl (C=O) groups is 1. The monoisotopic (exact) mass is 472 g/mol. The number of carbonyl (C=O) groups excluding carboxylic acids is 1. The predicted octanol–water partition coefficient (Wildman–Crippen LogP) is 4.71. The fourth-order valence-corrected chi connectivity index (χ4v) is 5.53. The molecule has 0 radical (unpaired) electrons. The summed E-state index contributed by atoms with van der Waals surface area (Å²) in [5.41, 5.74) is 0.406. The predicted molar refractivity (Wildman–Crippen MR) is 114 cm³/mol. The van der Waals surface area contributed by atoms with Crippen LogP contribution in [0.4, 0.5) is 10.1 Å². The molecule has 10 heteroatoms. The molecule has 0 spiro atoms. The summed E-state index contributed by atoms with van der Waals surface area (Å²) in [5, 5.41) is 5.02. The minimum Gasteiger partial charge on any atom is -0.350 e. The lowest BCUT2D eigenvalue weighted by Gasteiger charge is -2.23. The maximum Gasteiger partial charge on any atom is 0.274 e. The van der Waals surface area contributed by atoms with Gasteiger partial charge >= 0.3 is 0 Å². The van der Waals surface area contributed by atoms with Gasteiger partial charge in [0.1, 0.15) is 16.6 Å². The Labute approximate surface area is 181 Å². The molecule has 0 saturated carbocycles. The van der Waals surface area contributed by atoms with Gasteiger partial charge in [-0.15, -0.1) is 11.3 Å². The number of anilines is 1. The van der Waals surface area contributed by atoms with Gasteiger partial charge in [-0.05, 0) is 41.3 Å². The maximum atomic E-state index is 14.3. The molecule has 0 aliphatic carbocycles. The van der Waals surface area contributed by atoms with Gasteiger partial charge in [0.05, 0.1) is 5.69 Å². The van der Waals surface area contributed by atoms with Crippen LogP contribution in [0.3, 0.4) is 0 Å². The Kier molecular flexibility index (Phi) is 6.79. The molecule has 0 aliphatic heterocycles. The molecule has 2 aromatic carbocycles. The normalized spacial score (nSPS) is 11.3. The summed E-state index contributed by atoms with van der Waals surface area (Å²) in [6.45, 7) is -0.522. The molecular weight excluding hydrogens is 458 g/mol. The quantitative estimate of drug-likeness (QED) is 0.541. The highest BCUT2D eigenvalue weighted by molar-refractivity contribution is 7.94. The van der Waals surface area contributed by atoms with Crippen LogP contribution in [0.1, 0.15) is 5.56 Å². The Morgan fingerprint density at radius 1 is 1.10 bits per heavy atom. The van der Waals surface area contributed by atoms with Gasteiger partial charge in [0.15, 0.2) is 0 Å². The van der Waals surface area contributed by atoms with Crippen LogP contribution in [0.5, 0.6) is 0 Å². The number of benzene rings is 2. The highest BCUT2D eigenvalue weighted by Crippen LogP contribution is 2.28. The van der Waals surface area contributed by atoms with Crippen molar-refractivity contribution in [2.45, 2.75) is 10.8 Å². The first-order valence-electron chi connectivity index (χ1n) is 8.30. The SMILES string of the molecule is O=C(CN(c1ccccc1F)S(=O)(=O)c1cccs1)NCc1ccc(Cl)cc1Cl. The van der Waals surface area contributed by atoms with Gasteiger partial charge in [0.25, 0.3) is 10.0 Å². The highest BCUT2D eigenvalue weighted by atomic mass is 35.5. The van der Waals surface area contributed by atoms with Gasteiger partial charge in [-0.3, -0.25) is 9.10 Å². The summed E-state index contributed by atoms with van der Waals surface area (Å²) in [7, 11) is -4.12. The third-order valence-electron chi connectivity index (χ3n) is 3.94. The zero-order valence-electron chi connectivity index (χ0n) is 14.8. The van der Waals surface area contributed by atoms with Crippen LogP contribution in [0.25, 0.3) is 0 Å². The summed E-state index contributed by atoms with van der Waals surface area (Å²) in [6.07, 6.45) is 0. The Bertz CT molecular complexity index is 1120. The van der Waals surface area contributed by atoms with E-state index in [9.17, 15) is 17.6 Å². The Morgan fingerprint density at radius 3 is 2.52 bits per heavy atom. The average Bonchev–Trinajstić information content (AvgIpc) is 3.22. The Morgan fingerprint density at radius 2 is 1.86 bits per heavy atom. The van der Waals surface area contributed by atoms with Crippen molar-refractivity contribution in [3.8, 4) is 0 Å². The zero-order valence-corrected chi connectivity index (χ0v) is 18.0. The second kappa shape index (κ2) is 9.13. The lowest BCUT2D eigenvalue weighted by molar-refractivity contribution is -0.119. The van der Waals surface area contributed by atoms with Gasteiger partial charge in [0.2, 0.25) is 5.91 Å². The highest BCUT2D eigenvalue weighted by Gasteiger charge is 2.29. The van der Waals surface area contributed by atoms with Crippen LogP contribution in [0.15, 0.2) is 64.2 Å². The molecule has 0 saturated heterocycles. The largest absolute Gasteiger partial charge is 0.350 e. The third-order valence-corrected chi connectivity index (χ3v) is 7.66. The fourth-order valence-electron chi connectivity index (χ4n) is 2.52. The minimum absolute atomic E-state index is 0.00861. The minimum atomic E-state index is -4.12. The van der Waals surface area contributed by atoms with Gasteiger partial charge < -0.3 is 5.32 Å². The van der Waals surface area contributed by atoms with Gasteiger partial charge in [-0.25, -0.2) is 12.8 Å². The second-order valence-electron chi connectivity index (χ2n) is 5.91. The lowest BCUT2D eigenvalue weighted by atomic mass is 10.2. The average molecular weight is 473 g/mol. The number of hydrogen-bond donors (Lipinski definition) is 1. The summed E-state index contributed by atoms with van der Waals surface area (Å²) in [6, 6.07) is 13.2. The number of hydrogen-bond acceptors (Lipinski definition) is 4. The molecule has 1 aromatic heterocycles. The van der Waals surface area contributed by atoms with Crippen molar-refractivity contribution in [3.63, 3.8) is 0 Å². The third kappa shape index (κ3) is 5.08. The number of nitrogens with one attached hydrogen (secondary N) is 1. The van der Waals surface area contributed by atoms with Crippen molar-refractivity contribution in [2.75, 3.05) is 10.8 Å². The first-order valence-corrected chi connectivity index (χ1v) is 11.4. The molecule has 1 N–H and O–H groups in total. The molecule has 1 heterocycles. The zero-order chi connectivity index (χ0) is 21.0. The maximum absolute atomic E-state index is 14.3. The van der Waals surface area contributed by atoms with Crippen LogP contribution in [-0.4, -0.2) is 20.9 Å². The Balaban J connectivity index is 1.83. The van der Waals surface area contributed by atoms with E-state index in [-0.39, 0.29) is 16.4 Å². The van der Waals surface area contributed by atoms with E-state index in [1.54, 1.807) is 23.6 Å². The standard InChI is InChI=1S/C19H15Cl2FN2O3S2/c20-14-8-7-13(15(21)10-14)11-23-18(25)12-24(17-5-2-1-4-16(17)22)29(26,27)19-6-3-9-28-19/h1-10H,11-12H2,(H,23,25). The van der Waals surface area contributed by atoms with Crippen LogP contribution in [0.2, 0.25) is 10.0 Å². The lowest BCUT2D eigenvalue weighted by Crippen LogP contribution is -2.40. The number of amides is 1. The summed E-state index contributed by atoms with van der Waals surface area (Å²) in [4.78, 5) is 12.5. The van der Waals surface area contributed by atoms with Crippen molar-refractivity contribution < 1.29 is 17.6 Å². The van der Waals surface area contributed by atoms with E-state index in [2.05, 4.69) is 5.32 Å². The molecule has 29 heavy (non-hydrogen) atoms. The number of para-hydroxylation sites is 1. The van der Waals surface area contributed by atoms with Crippen molar-refractivity contribution in [1.29, 1.82) is 0 Å². The first kappa shape index (κ1) is 21.6. The molecule has 0 fully saturated rings. The number of halogens is 3. The van der Waals surface area contributed by atoms with Crippen molar-refractivity contribution in [2.24, 2.45) is 0 Å². The van der Waals surface area contributed by atoms with Gasteiger partial charge in [-0.1, -0.05) is 47.5 Å². The molecule has 3 aromatic rings. The van der Waals surface area contributed by atoms with Crippen LogP contribution in [0, 0.1) is 5.82 Å². The van der Waals surface area contributed by atoms with Crippen LogP contribution in [-0.2, 0) is 21.4 Å². The Hall–Kier alpha value is -2.13. The van der Waals surface area contributed by atoms with Crippen LogP contribution >= 0.6 is 34.5 Å². The fraction of sp³-hybridized carbons (Fsp3) is 0.105. The number of thiophene rings is 1. The molecule has 0 bridgehead atoms. The molecule has 1 amide bonds. The first-order chi connectivity index (χ1) is 13.8. The van der Waals surface area contributed by atoms with E-state index in [0.717, 1.165) is 21.7 Å². The van der Waals surface area contributed by atoms with Crippen molar-refractivity contribution >= 4 is 56.2 Å². The van der Waals surface area contributed by atoms with E-state index in [1.807, 2.05) is 0 Å². The second-order valence-corrected chi connectivity index (χ2v) is 9.79. The molecule has 3 rings (SSSR count). The van der Waals surface area contributed by atoms with E-state index in [0.29, 0.717) is 15.6 Å². The van der Waals surface area contributed by atoms with E-state index < -0.39 is 28.3 Å².